The molecule has 0 aromatic carbocycles. The zero-order valence-corrected chi connectivity index (χ0v) is 6.91. The summed E-state index contributed by atoms with van der Waals surface area (Å²) in [5.74, 6) is 0. The first kappa shape index (κ1) is 5.88. The Morgan fingerprint density at radius 2 is 1.44 bits per heavy atom. The molecule has 0 nitrogen and oxygen atoms in total. The van der Waals surface area contributed by atoms with E-state index < -0.39 is 0 Å². The highest BCUT2D eigenvalue weighted by molar-refractivity contribution is 7.04. The first-order valence-electron chi connectivity index (χ1n) is 3.91. The van der Waals surface area contributed by atoms with Crippen molar-refractivity contribution in [2.45, 2.75) is 38.1 Å². The normalized spacial score (nSPS) is 52.9. The summed E-state index contributed by atoms with van der Waals surface area (Å²) in [5, 5.41) is 1.59. The smallest absolute Gasteiger partial charge is 0.0878 e. The first-order chi connectivity index (χ1) is 3.91. The topological polar surface area (TPSA) is 0 Å². The SMILES string of the molecule is CC(C)(C)C12BC1(C)B2. The van der Waals surface area contributed by atoms with Crippen LogP contribution in [0.2, 0.25) is 10.4 Å². The maximum Gasteiger partial charge on any atom is 0.116 e. The average molecular weight is 120 g/mol. The number of rotatable bonds is 0. The lowest BCUT2D eigenvalue weighted by Crippen LogP contribution is -2.14. The summed E-state index contributed by atoms with van der Waals surface area (Å²) < 4.78 is 0. The standard InChI is InChI=1S/C7H14B2/c1-5(2,3)7-6(4,8-7)9-7/h8-9H,1-4H3. The molecule has 0 aromatic heterocycles. The lowest BCUT2D eigenvalue weighted by Gasteiger charge is -2.22. The summed E-state index contributed by atoms with van der Waals surface area (Å²) in [5.41, 5.74) is 0.585. The Hall–Kier alpha value is 0.130. The predicted molar refractivity (Wildman–Crippen MR) is 44.8 cm³/mol. The monoisotopic (exact) mass is 120 g/mol. The molecule has 0 aromatic rings. The van der Waals surface area contributed by atoms with E-state index in [-0.39, 0.29) is 0 Å². The summed E-state index contributed by atoms with van der Waals surface area (Å²) >= 11 is 0. The molecule has 2 aliphatic heterocycles. The molecule has 2 fully saturated rings. The zero-order valence-electron chi connectivity index (χ0n) is 6.91. The molecule has 0 aliphatic carbocycles. The quantitative estimate of drug-likeness (QED) is 0.421. The van der Waals surface area contributed by atoms with Crippen molar-refractivity contribution in [3.8, 4) is 0 Å². The van der Waals surface area contributed by atoms with Crippen LogP contribution in [0.4, 0.5) is 0 Å². The second-order valence-electron chi connectivity index (χ2n) is 5.25. The van der Waals surface area contributed by atoms with E-state index in [0.717, 1.165) is 10.4 Å². The van der Waals surface area contributed by atoms with Gasteiger partial charge in [-0.2, -0.15) is 0 Å². The van der Waals surface area contributed by atoms with Crippen LogP contribution in [0.1, 0.15) is 27.7 Å². The molecule has 0 unspecified atom stereocenters. The molecule has 0 N–H and O–H groups in total. The van der Waals surface area contributed by atoms with Gasteiger partial charge in [-0.1, -0.05) is 38.1 Å². The summed E-state index contributed by atoms with van der Waals surface area (Å²) in [4.78, 5) is 0. The highest BCUT2D eigenvalue weighted by Crippen LogP contribution is 2.90. The Bertz CT molecular complexity index is 160. The van der Waals surface area contributed by atoms with Crippen LogP contribution in [0.3, 0.4) is 0 Å². The van der Waals surface area contributed by atoms with Gasteiger partial charge in [0, 0.05) is 0 Å². The molecule has 0 atom stereocenters. The highest BCUT2D eigenvalue weighted by atomic mass is 14.6. The Morgan fingerprint density at radius 1 is 1.11 bits per heavy atom. The summed E-state index contributed by atoms with van der Waals surface area (Å²) in [6.45, 7) is 9.57. The van der Waals surface area contributed by atoms with Gasteiger partial charge in [-0.15, -0.1) is 0 Å². The Balaban J connectivity index is 2.20. The molecular formula is C7H14B2. The van der Waals surface area contributed by atoms with E-state index in [2.05, 4.69) is 27.7 Å². The highest BCUT2D eigenvalue weighted by Gasteiger charge is 2.84. The molecule has 0 bridgehead atoms. The van der Waals surface area contributed by atoms with Crippen molar-refractivity contribution < 1.29 is 0 Å². The van der Waals surface area contributed by atoms with E-state index in [1.54, 1.807) is 0 Å². The van der Waals surface area contributed by atoms with Crippen molar-refractivity contribution in [2.24, 2.45) is 5.41 Å². The van der Waals surface area contributed by atoms with Crippen LogP contribution in [0, 0.1) is 5.41 Å². The Kier molecular flexibility index (Phi) is 0.666. The van der Waals surface area contributed by atoms with Gasteiger partial charge in [0.25, 0.3) is 0 Å². The Morgan fingerprint density at radius 3 is 1.44 bits per heavy atom. The molecule has 2 heteroatoms. The fourth-order valence-electron chi connectivity index (χ4n) is 2.63. The lowest BCUT2D eigenvalue weighted by molar-refractivity contribution is 0.401. The van der Waals surface area contributed by atoms with E-state index in [9.17, 15) is 0 Å². The second kappa shape index (κ2) is 1.02. The van der Waals surface area contributed by atoms with Gasteiger partial charge in [0.1, 0.15) is 14.6 Å². The van der Waals surface area contributed by atoms with Gasteiger partial charge in [0.05, 0.1) is 0 Å². The molecule has 0 amide bonds. The molecule has 0 spiro atoms. The Labute approximate surface area is 58.9 Å². The van der Waals surface area contributed by atoms with E-state index in [1.165, 1.54) is 14.6 Å². The van der Waals surface area contributed by atoms with Crippen molar-refractivity contribution in [1.29, 1.82) is 0 Å². The maximum atomic E-state index is 2.43. The minimum atomic E-state index is 0.585. The number of hydrogen-bond donors (Lipinski definition) is 0. The van der Waals surface area contributed by atoms with Gasteiger partial charge < -0.3 is 0 Å². The van der Waals surface area contributed by atoms with E-state index in [1.807, 2.05) is 0 Å². The van der Waals surface area contributed by atoms with Crippen LogP contribution in [-0.2, 0) is 0 Å². The minimum Gasteiger partial charge on any atom is -0.0878 e. The van der Waals surface area contributed by atoms with E-state index >= 15 is 0 Å². The molecular weight excluding hydrogens is 106 g/mol. The lowest BCUT2D eigenvalue weighted by atomic mass is 9.46. The third-order valence-corrected chi connectivity index (χ3v) is 3.72. The number of hydrogen-bond acceptors (Lipinski definition) is 0. The molecule has 2 aliphatic rings. The van der Waals surface area contributed by atoms with Gasteiger partial charge in [0.15, 0.2) is 0 Å². The molecule has 48 valence electrons. The summed E-state index contributed by atoms with van der Waals surface area (Å²) in [6, 6.07) is 0. The van der Waals surface area contributed by atoms with Crippen LogP contribution < -0.4 is 0 Å². The van der Waals surface area contributed by atoms with Gasteiger partial charge >= 0.3 is 0 Å². The van der Waals surface area contributed by atoms with Gasteiger partial charge in [-0.25, -0.2) is 0 Å². The molecule has 0 radical (unpaired) electrons. The van der Waals surface area contributed by atoms with Gasteiger partial charge in [0.2, 0.25) is 0 Å². The summed E-state index contributed by atoms with van der Waals surface area (Å²) in [6.07, 6.45) is 0. The van der Waals surface area contributed by atoms with Crippen molar-refractivity contribution in [3.63, 3.8) is 0 Å². The maximum absolute atomic E-state index is 2.43. The van der Waals surface area contributed by atoms with E-state index in [0.29, 0.717) is 5.41 Å². The molecule has 2 heterocycles. The van der Waals surface area contributed by atoms with Crippen LogP contribution in [0.5, 0.6) is 0 Å². The van der Waals surface area contributed by atoms with Crippen molar-refractivity contribution in [2.75, 3.05) is 0 Å². The number of fused-ring (bicyclic) bond motifs is 1. The molecule has 9 heavy (non-hydrogen) atoms. The van der Waals surface area contributed by atoms with Crippen LogP contribution in [-0.4, -0.2) is 14.6 Å². The summed E-state index contributed by atoms with van der Waals surface area (Å²) in [7, 11) is 3.01. The molecule has 2 rings (SSSR count). The fraction of sp³-hybridized carbons (Fsp3) is 1.00. The van der Waals surface area contributed by atoms with Crippen LogP contribution in [0.25, 0.3) is 0 Å². The third-order valence-electron chi connectivity index (χ3n) is 3.72. The second-order valence-corrected chi connectivity index (χ2v) is 5.25. The average Bonchev–Trinajstić information content (AvgIpc) is 2.17. The van der Waals surface area contributed by atoms with Crippen molar-refractivity contribution in [1.82, 2.24) is 0 Å². The fourth-order valence-corrected chi connectivity index (χ4v) is 2.63. The minimum absolute atomic E-state index is 0.585. The molecule has 0 saturated carbocycles. The van der Waals surface area contributed by atoms with Gasteiger partial charge in [-0.3, -0.25) is 0 Å². The van der Waals surface area contributed by atoms with Gasteiger partial charge in [-0.05, 0) is 5.41 Å². The first-order valence-corrected chi connectivity index (χ1v) is 3.91. The van der Waals surface area contributed by atoms with Crippen LogP contribution >= 0.6 is 0 Å². The van der Waals surface area contributed by atoms with Crippen molar-refractivity contribution >= 4 is 14.6 Å². The zero-order chi connectivity index (χ0) is 6.91. The predicted octanol–water partition coefficient (Wildman–Crippen LogP) is 1.18. The largest absolute Gasteiger partial charge is 0.116 e. The van der Waals surface area contributed by atoms with Crippen LogP contribution in [0.15, 0.2) is 0 Å². The molecule has 2 saturated heterocycles. The third kappa shape index (κ3) is 0.447. The van der Waals surface area contributed by atoms with Crippen molar-refractivity contribution in [3.05, 3.63) is 0 Å². The van der Waals surface area contributed by atoms with E-state index in [4.69, 9.17) is 0 Å².